The van der Waals surface area contributed by atoms with Crippen LogP contribution in [0.1, 0.15) is 6.42 Å². The first-order valence-corrected chi connectivity index (χ1v) is 11.7. The maximum atomic E-state index is 13.4. The molecule has 0 aliphatic carbocycles. The third kappa shape index (κ3) is 4.38. The predicted molar refractivity (Wildman–Crippen MR) is 118 cm³/mol. The number of aromatic nitrogens is 3. The molecule has 0 aliphatic rings. The number of nitrogens with zero attached hydrogens (tertiary/aromatic N) is 2. The molecule has 0 bridgehead atoms. The van der Waals surface area contributed by atoms with Gasteiger partial charge in [0.25, 0.3) is 0 Å². The summed E-state index contributed by atoms with van der Waals surface area (Å²) in [6.45, 7) is 4.95. The minimum absolute atomic E-state index is 0.0833. The molecular formula is C22H23FN4O2S. The Morgan fingerprint density at radius 3 is 2.90 bits per heavy atom. The fourth-order valence-electron chi connectivity index (χ4n) is 3.51. The fourth-order valence-corrected chi connectivity index (χ4v) is 3.99. The number of sulfone groups is 1. The Labute approximate surface area is 174 Å². The van der Waals surface area contributed by atoms with Crippen molar-refractivity contribution >= 4 is 31.6 Å². The second kappa shape index (κ2) is 7.95. The lowest BCUT2D eigenvalue weighted by molar-refractivity contribution is 0.593. The lowest BCUT2D eigenvalue weighted by Crippen LogP contribution is -2.22. The maximum absolute atomic E-state index is 13.4. The number of allylic oxidation sites excluding steroid dienone is 1. The van der Waals surface area contributed by atoms with Crippen molar-refractivity contribution < 1.29 is 12.8 Å². The molecule has 156 valence electrons. The number of aromatic amines is 1. The summed E-state index contributed by atoms with van der Waals surface area (Å²) in [5.74, 6) is -0.181. The number of hydrogen-bond donors (Lipinski definition) is 2. The van der Waals surface area contributed by atoms with E-state index in [1.54, 1.807) is 6.07 Å². The lowest BCUT2D eigenvalue weighted by atomic mass is 10.0. The Bertz CT molecular complexity index is 1340. The zero-order valence-corrected chi connectivity index (χ0v) is 17.5. The molecular weight excluding hydrogens is 403 g/mol. The van der Waals surface area contributed by atoms with Gasteiger partial charge in [-0.2, -0.15) is 5.10 Å². The first kappa shape index (κ1) is 20.2. The highest BCUT2D eigenvalue weighted by Crippen LogP contribution is 2.31. The minimum Gasteiger partial charge on any atom is -0.388 e. The van der Waals surface area contributed by atoms with Gasteiger partial charge in [0.15, 0.2) is 0 Å². The molecule has 0 radical (unpaired) electrons. The quantitative estimate of drug-likeness (QED) is 0.448. The third-order valence-corrected chi connectivity index (χ3v) is 6.02. The van der Waals surface area contributed by atoms with Gasteiger partial charge in [-0.25, -0.2) is 12.8 Å². The Morgan fingerprint density at radius 2 is 2.10 bits per heavy atom. The largest absolute Gasteiger partial charge is 0.388 e. The van der Waals surface area contributed by atoms with Crippen LogP contribution in [0.5, 0.6) is 0 Å². The molecule has 0 fully saturated rings. The van der Waals surface area contributed by atoms with Crippen LogP contribution in [0.25, 0.3) is 32.9 Å². The van der Waals surface area contributed by atoms with Gasteiger partial charge in [0, 0.05) is 59.5 Å². The lowest BCUT2D eigenvalue weighted by Gasteiger charge is -2.10. The standard InChI is InChI=1S/C22H23FN4O2S/c1-15(24-8-10-30(2,28)29)7-9-27-22-6-3-16(11-17(22)13-26-27)20-14-25-21-12-18(23)4-5-19(20)21/h3-6,11-14,24-25H,1,7-10H2,2H3. The molecule has 0 saturated carbocycles. The molecule has 4 rings (SSSR count). The average molecular weight is 427 g/mol. The number of H-pyrrole nitrogens is 1. The first-order valence-electron chi connectivity index (χ1n) is 9.62. The molecule has 2 aromatic carbocycles. The smallest absolute Gasteiger partial charge is 0.149 e. The van der Waals surface area contributed by atoms with Crippen LogP contribution in [0.4, 0.5) is 4.39 Å². The summed E-state index contributed by atoms with van der Waals surface area (Å²) in [7, 11) is -2.99. The number of benzene rings is 2. The minimum atomic E-state index is -2.99. The Balaban J connectivity index is 1.48. The van der Waals surface area contributed by atoms with Gasteiger partial charge in [0.05, 0.1) is 17.5 Å². The summed E-state index contributed by atoms with van der Waals surface area (Å²) in [5, 5.41) is 9.52. The highest BCUT2D eigenvalue weighted by Gasteiger charge is 2.10. The molecule has 4 aromatic rings. The zero-order valence-electron chi connectivity index (χ0n) is 16.7. The topological polar surface area (TPSA) is 79.8 Å². The van der Waals surface area contributed by atoms with E-state index in [-0.39, 0.29) is 11.6 Å². The molecule has 2 heterocycles. The molecule has 2 N–H and O–H groups in total. The van der Waals surface area contributed by atoms with E-state index in [2.05, 4.69) is 28.0 Å². The highest BCUT2D eigenvalue weighted by molar-refractivity contribution is 7.90. The molecule has 0 atom stereocenters. The van der Waals surface area contributed by atoms with E-state index in [0.717, 1.165) is 38.6 Å². The molecule has 2 aromatic heterocycles. The summed E-state index contributed by atoms with van der Waals surface area (Å²) in [4.78, 5) is 3.12. The van der Waals surface area contributed by atoms with Gasteiger partial charge in [0.1, 0.15) is 15.7 Å². The van der Waals surface area contributed by atoms with Gasteiger partial charge in [-0.05, 0) is 35.9 Å². The summed E-state index contributed by atoms with van der Waals surface area (Å²) in [6.07, 6.45) is 5.58. The van der Waals surface area contributed by atoms with Crippen LogP contribution < -0.4 is 5.32 Å². The second-order valence-corrected chi connectivity index (χ2v) is 9.70. The molecule has 8 heteroatoms. The Hall–Kier alpha value is -3.13. The van der Waals surface area contributed by atoms with Crippen molar-refractivity contribution in [3.63, 3.8) is 0 Å². The Morgan fingerprint density at radius 1 is 1.27 bits per heavy atom. The van der Waals surface area contributed by atoms with E-state index in [1.807, 2.05) is 29.2 Å². The zero-order chi connectivity index (χ0) is 21.3. The van der Waals surface area contributed by atoms with E-state index in [9.17, 15) is 12.8 Å². The van der Waals surface area contributed by atoms with Crippen molar-refractivity contribution in [2.24, 2.45) is 0 Å². The van der Waals surface area contributed by atoms with Crippen LogP contribution in [0.2, 0.25) is 0 Å². The number of hydrogen-bond acceptors (Lipinski definition) is 4. The van der Waals surface area contributed by atoms with Gasteiger partial charge < -0.3 is 10.3 Å². The average Bonchev–Trinajstić information content (AvgIpc) is 3.28. The van der Waals surface area contributed by atoms with Crippen LogP contribution in [0.15, 0.2) is 61.1 Å². The number of fused-ring (bicyclic) bond motifs is 2. The molecule has 6 nitrogen and oxygen atoms in total. The van der Waals surface area contributed by atoms with Crippen molar-refractivity contribution in [3.8, 4) is 11.1 Å². The predicted octanol–water partition coefficient (Wildman–Crippen LogP) is 3.86. The normalized spacial score (nSPS) is 11.9. The molecule has 0 amide bonds. The summed E-state index contributed by atoms with van der Waals surface area (Å²) >= 11 is 0. The van der Waals surface area contributed by atoms with Crippen molar-refractivity contribution in [2.75, 3.05) is 18.6 Å². The highest BCUT2D eigenvalue weighted by atomic mass is 32.2. The molecule has 0 aliphatic heterocycles. The van der Waals surface area contributed by atoms with Crippen LogP contribution in [0.3, 0.4) is 0 Å². The fraction of sp³-hybridized carbons (Fsp3) is 0.227. The third-order valence-electron chi connectivity index (χ3n) is 5.07. The van der Waals surface area contributed by atoms with Crippen LogP contribution in [-0.2, 0) is 16.4 Å². The van der Waals surface area contributed by atoms with Crippen LogP contribution >= 0.6 is 0 Å². The summed E-state index contributed by atoms with van der Waals surface area (Å²) in [6, 6.07) is 10.9. The second-order valence-electron chi connectivity index (χ2n) is 7.44. The number of nitrogens with one attached hydrogen (secondary N) is 2. The Kier molecular flexibility index (Phi) is 5.34. The van der Waals surface area contributed by atoms with Crippen molar-refractivity contribution in [1.82, 2.24) is 20.1 Å². The molecule has 30 heavy (non-hydrogen) atoms. The van der Waals surface area contributed by atoms with E-state index in [0.29, 0.717) is 19.5 Å². The van der Waals surface area contributed by atoms with Gasteiger partial charge in [0.2, 0.25) is 0 Å². The van der Waals surface area contributed by atoms with Crippen LogP contribution in [0, 0.1) is 5.82 Å². The van der Waals surface area contributed by atoms with E-state index in [4.69, 9.17) is 0 Å². The van der Waals surface area contributed by atoms with Crippen molar-refractivity contribution in [1.29, 1.82) is 0 Å². The summed E-state index contributed by atoms with van der Waals surface area (Å²) < 4.78 is 37.8. The van der Waals surface area contributed by atoms with E-state index in [1.165, 1.54) is 18.4 Å². The molecule has 0 unspecified atom stereocenters. The van der Waals surface area contributed by atoms with Gasteiger partial charge in [-0.1, -0.05) is 12.6 Å². The number of aryl methyl sites for hydroxylation is 1. The summed E-state index contributed by atoms with van der Waals surface area (Å²) in [5.41, 5.74) is 4.61. The van der Waals surface area contributed by atoms with E-state index >= 15 is 0 Å². The van der Waals surface area contributed by atoms with Gasteiger partial charge >= 0.3 is 0 Å². The monoisotopic (exact) mass is 426 g/mol. The number of halogens is 1. The van der Waals surface area contributed by atoms with Crippen molar-refractivity contribution in [2.45, 2.75) is 13.0 Å². The van der Waals surface area contributed by atoms with Crippen LogP contribution in [-0.4, -0.2) is 41.7 Å². The van der Waals surface area contributed by atoms with Gasteiger partial charge in [-0.15, -0.1) is 0 Å². The number of rotatable bonds is 8. The maximum Gasteiger partial charge on any atom is 0.149 e. The molecule has 0 saturated heterocycles. The first-order chi connectivity index (χ1) is 14.3. The van der Waals surface area contributed by atoms with Crippen molar-refractivity contribution in [3.05, 3.63) is 66.9 Å². The van der Waals surface area contributed by atoms with Gasteiger partial charge in [-0.3, -0.25) is 4.68 Å². The SMILES string of the molecule is C=C(CCn1ncc2cc(-c3c[nH]c4cc(F)ccc34)ccc21)NCCS(C)(=O)=O. The molecule has 0 spiro atoms. The van der Waals surface area contributed by atoms with E-state index < -0.39 is 9.84 Å².